The average molecular weight is 254 g/mol. The molecule has 3 heteroatoms. The lowest BCUT2D eigenvalue weighted by atomic mass is 10.1. The largest absolute Gasteiger partial charge is 0.350 e. The third-order valence-electron chi connectivity index (χ3n) is 3.02. The van der Waals surface area contributed by atoms with Crippen LogP contribution in [0.5, 0.6) is 0 Å². The molecule has 0 aromatic heterocycles. The minimum atomic E-state index is -0.185. The Bertz CT molecular complexity index is 534. The molecular formula is C16H18N2O. The fraction of sp³-hybridized carbons (Fsp3) is 0.188. The first-order chi connectivity index (χ1) is 9.16. The van der Waals surface area contributed by atoms with Gasteiger partial charge in [0.15, 0.2) is 0 Å². The zero-order valence-electron chi connectivity index (χ0n) is 11.0. The van der Waals surface area contributed by atoms with Crippen molar-refractivity contribution >= 4 is 5.91 Å². The van der Waals surface area contributed by atoms with Crippen molar-refractivity contribution in [1.82, 2.24) is 5.32 Å². The Balaban J connectivity index is 1.92. The molecule has 98 valence electrons. The van der Waals surface area contributed by atoms with Crippen LogP contribution in [0, 0.1) is 6.92 Å². The highest BCUT2D eigenvalue weighted by Crippen LogP contribution is 2.08. The predicted octanol–water partition coefficient (Wildman–Crippen LogP) is 2.42. The lowest BCUT2D eigenvalue weighted by molar-refractivity contribution is 0.0951. The van der Waals surface area contributed by atoms with E-state index in [4.69, 9.17) is 5.73 Å². The number of aryl methyl sites for hydroxylation is 1. The molecule has 1 atom stereocenters. The van der Waals surface area contributed by atoms with E-state index in [0.717, 1.165) is 11.1 Å². The Labute approximate surface area is 113 Å². The lowest BCUT2D eigenvalue weighted by Crippen LogP contribution is -2.31. The van der Waals surface area contributed by atoms with Gasteiger partial charge in [-0.15, -0.1) is 0 Å². The van der Waals surface area contributed by atoms with Gasteiger partial charge in [-0.05, 0) is 24.6 Å². The first-order valence-electron chi connectivity index (χ1n) is 6.32. The van der Waals surface area contributed by atoms with Gasteiger partial charge >= 0.3 is 0 Å². The molecule has 0 aliphatic rings. The van der Waals surface area contributed by atoms with Gasteiger partial charge in [-0.3, -0.25) is 4.79 Å². The molecule has 0 heterocycles. The number of carbonyl (C=O) groups excluding carboxylic acids is 1. The standard InChI is InChI=1S/C16H18N2O/c1-12-7-9-14(10-8-12)16(19)18-11-15(17)13-5-3-2-4-6-13/h2-10,15H,11,17H2,1H3,(H,18,19). The number of amides is 1. The molecule has 2 rings (SSSR count). The summed E-state index contributed by atoms with van der Waals surface area (Å²) in [7, 11) is 0. The van der Waals surface area contributed by atoms with Crippen LogP contribution < -0.4 is 11.1 Å². The highest BCUT2D eigenvalue weighted by atomic mass is 16.1. The lowest BCUT2D eigenvalue weighted by Gasteiger charge is -2.13. The van der Waals surface area contributed by atoms with E-state index in [1.165, 1.54) is 0 Å². The Morgan fingerprint density at radius 2 is 1.74 bits per heavy atom. The molecule has 3 N–H and O–H groups in total. The van der Waals surface area contributed by atoms with Crippen LogP contribution in [0.1, 0.15) is 27.5 Å². The number of benzene rings is 2. The van der Waals surface area contributed by atoms with Gasteiger partial charge in [0.2, 0.25) is 0 Å². The smallest absolute Gasteiger partial charge is 0.251 e. The summed E-state index contributed by atoms with van der Waals surface area (Å²) in [6, 6.07) is 17.0. The molecule has 0 fully saturated rings. The van der Waals surface area contributed by atoms with E-state index < -0.39 is 0 Å². The van der Waals surface area contributed by atoms with Gasteiger partial charge in [0, 0.05) is 18.2 Å². The molecule has 1 unspecified atom stereocenters. The van der Waals surface area contributed by atoms with Crippen LogP contribution in [0.25, 0.3) is 0 Å². The minimum absolute atomic E-state index is 0.0913. The van der Waals surface area contributed by atoms with Gasteiger partial charge in [-0.1, -0.05) is 48.0 Å². The van der Waals surface area contributed by atoms with E-state index >= 15 is 0 Å². The average Bonchev–Trinajstić information content (AvgIpc) is 2.46. The fourth-order valence-corrected chi connectivity index (χ4v) is 1.83. The Morgan fingerprint density at radius 3 is 2.37 bits per heavy atom. The van der Waals surface area contributed by atoms with E-state index in [1.807, 2.05) is 61.5 Å². The molecule has 0 radical (unpaired) electrons. The van der Waals surface area contributed by atoms with Crippen LogP contribution in [0.15, 0.2) is 54.6 Å². The molecular weight excluding hydrogens is 236 g/mol. The first kappa shape index (κ1) is 13.3. The van der Waals surface area contributed by atoms with Crippen molar-refractivity contribution in [3.8, 4) is 0 Å². The summed E-state index contributed by atoms with van der Waals surface area (Å²) >= 11 is 0. The van der Waals surface area contributed by atoms with Crippen LogP contribution in [0.2, 0.25) is 0 Å². The van der Waals surface area contributed by atoms with Gasteiger partial charge in [0.25, 0.3) is 5.91 Å². The highest BCUT2D eigenvalue weighted by molar-refractivity contribution is 5.94. The quantitative estimate of drug-likeness (QED) is 0.880. The van der Waals surface area contributed by atoms with Gasteiger partial charge < -0.3 is 11.1 Å². The Morgan fingerprint density at radius 1 is 1.11 bits per heavy atom. The number of rotatable bonds is 4. The topological polar surface area (TPSA) is 55.1 Å². The highest BCUT2D eigenvalue weighted by Gasteiger charge is 2.09. The van der Waals surface area contributed by atoms with Crippen molar-refractivity contribution < 1.29 is 4.79 Å². The van der Waals surface area contributed by atoms with Crippen molar-refractivity contribution in [2.75, 3.05) is 6.54 Å². The van der Waals surface area contributed by atoms with E-state index in [9.17, 15) is 4.79 Å². The number of hydrogen-bond acceptors (Lipinski definition) is 2. The number of nitrogens with two attached hydrogens (primary N) is 1. The summed E-state index contributed by atoms with van der Waals surface area (Å²) < 4.78 is 0. The maximum Gasteiger partial charge on any atom is 0.251 e. The van der Waals surface area contributed by atoms with Crippen LogP contribution in [-0.4, -0.2) is 12.5 Å². The van der Waals surface area contributed by atoms with Crippen molar-refractivity contribution in [2.45, 2.75) is 13.0 Å². The fourth-order valence-electron chi connectivity index (χ4n) is 1.83. The first-order valence-corrected chi connectivity index (χ1v) is 6.32. The van der Waals surface area contributed by atoms with E-state index in [2.05, 4.69) is 5.32 Å². The maximum absolute atomic E-state index is 11.9. The maximum atomic E-state index is 11.9. The third-order valence-corrected chi connectivity index (χ3v) is 3.02. The van der Waals surface area contributed by atoms with E-state index in [0.29, 0.717) is 12.1 Å². The molecule has 2 aromatic rings. The summed E-state index contributed by atoms with van der Waals surface area (Å²) in [5, 5.41) is 2.85. The second-order valence-electron chi connectivity index (χ2n) is 4.59. The summed E-state index contributed by atoms with van der Waals surface area (Å²) in [5.74, 6) is -0.0913. The zero-order valence-corrected chi connectivity index (χ0v) is 11.0. The Kier molecular flexibility index (Phi) is 4.31. The van der Waals surface area contributed by atoms with Crippen LogP contribution in [0.4, 0.5) is 0 Å². The normalized spacial score (nSPS) is 11.9. The van der Waals surface area contributed by atoms with Crippen molar-refractivity contribution in [2.24, 2.45) is 5.73 Å². The van der Waals surface area contributed by atoms with Crippen LogP contribution in [-0.2, 0) is 0 Å². The molecule has 1 amide bonds. The molecule has 3 nitrogen and oxygen atoms in total. The molecule has 0 saturated heterocycles. The summed E-state index contributed by atoms with van der Waals surface area (Å²) in [6.45, 7) is 2.42. The molecule has 0 aliphatic heterocycles. The molecule has 0 spiro atoms. The van der Waals surface area contributed by atoms with Crippen molar-refractivity contribution in [3.63, 3.8) is 0 Å². The predicted molar refractivity (Wildman–Crippen MR) is 76.9 cm³/mol. The molecule has 19 heavy (non-hydrogen) atoms. The molecule has 0 bridgehead atoms. The zero-order chi connectivity index (χ0) is 13.7. The third kappa shape index (κ3) is 3.66. The van der Waals surface area contributed by atoms with E-state index in [-0.39, 0.29) is 11.9 Å². The van der Waals surface area contributed by atoms with Gasteiger partial charge in [-0.25, -0.2) is 0 Å². The molecule has 0 aliphatic carbocycles. The Hall–Kier alpha value is -2.13. The van der Waals surface area contributed by atoms with Gasteiger partial charge in [0.05, 0.1) is 0 Å². The number of carbonyl (C=O) groups is 1. The minimum Gasteiger partial charge on any atom is -0.350 e. The van der Waals surface area contributed by atoms with Gasteiger partial charge in [-0.2, -0.15) is 0 Å². The monoisotopic (exact) mass is 254 g/mol. The van der Waals surface area contributed by atoms with Crippen LogP contribution >= 0.6 is 0 Å². The second-order valence-corrected chi connectivity index (χ2v) is 4.59. The second kappa shape index (κ2) is 6.16. The van der Waals surface area contributed by atoms with E-state index in [1.54, 1.807) is 0 Å². The van der Waals surface area contributed by atoms with Crippen LogP contribution in [0.3, 0.4) is 0 Å². The SMILES string of the molecule is Cc1ccc(C(=O)NCC(N)c2ccccc2)cc1. The van der Waals surface area contributed by atoms with Crippen molar-refractivity contribution in [3.05, 3.63) is 71.3 Å². The molecule has 0 saturated carbocycles. The molecule has 2 aromatic carbocycles. The number of hydrogen-bond donors (Lipinski definition) is 2. The number of nitrogens with one attached hydrogen (secondary N) is 1. The summed E-state index contributed by atoms with van der Waals surface area (Å²) in [5.41, 5.74) is 8.85. The summed E-state index contributed by atoms with van der Waals surface area (Å²) in [4.78, 5) is 11.9. The van der Waals surface area contributed by atoms with Crippen molar-refractivity contribution in [1.29, 1.82) is 0 Å². The summed E-state index contributed by atoms with van der Waals surface area (Å²) in [6.07, 6.45) is 0. The van der Waals surface area contributed by atoms with Gasteiger partial charge in [0.1, 0.15) is 0 Å².